The minimum Gasteiger partial charge on any atom is -0.492 e. The van der Waals surface area contributed by atoms with Gasteiger partial charge in [0, 0.05) is 22.7 Å². The van der Waals surface area contributed by atoms with Crippen molar-refractivity contribution in [2.75, 3.05) is 0 Å². The van der Waals surface area contributed by atoms with Crippen LogP contribution in [0.25, 0.3) is 0 Å². The predicted octanol–water partition coefficient (Wildman–Crippen LogP) is 1.76. The first-order valence-electron chi connectivity index (χ1n) is 4.59. The van der Waals surface area contributed by atoms with Gasteiger partial charge in [0.15, 0.2) is 6.26 Å². The molecule has 2 aromatic rings. The Kier molecular flexibility index (Phi) is 2.64. The lowest BCUT2D eigenvalue weighted by Crippen LogP contribution is -2.14. The first kappa shape index (κ1) is 10.0. The predicted molar refractivity (Wildman–Crippen MR) is 57.4 cm³/mol. The van der Waals surface area contributed by atoms with Crippen LogP contribution in [0.3, 0.4) is 0 Å². The van der Waals surface area contributed by atoms with E-state index >= 15 is 0 Å². The third-order valence-electron chi connectivity index (χ3n) is 2.14. The minimum atomic E-state index is -0.513. The molecular formula is C10H11NO3S. The smallest absolute Gasteiger partial charge is 0.421 e. The lowest BCUT2D eigenvalue weighted by Gasteiger charge is -1.99. The van der Waals surface area contributed by atoms with Crippen molar-refractivity contribution in [3.63, 3.8) is 0 Å². The summed E-state index contributed by atoms with van der Waals surface area (Å²) in [5, 5.41) is 9.29. The zero-order valence-corrected chi connectivity index (χ0v) is 9.08. The van der Waals surface area contributed by atoms with E-state index in [1.54, 1.807) is 11.3 Å². The average Bonchev–Trinajstić information content (AvgIpc) is 2.73. The summed E-state index contributed by atoms with van der Waals surface area (Å²) < 4.78 is 5.77. The summed E-state index contributed by atoms with van der Waals surface area (Å²) in [4.78, 5) is 13.5. The van der Waals surface area contributed by atoms with Crippen LogP contribution in [0.5, 0.6) is 5.88 Å². The van der Waals surface area contributed by atoms with Gasteiger partial charge in [-0.15, -0.1) is 11.3 Å². The Hall–Kier alpha value is -1.49. The van der Waals surface area contributed by atoms with Crippen LogP contribution in [0.4, 0.5) is 0 Å². The SMILES string of the molecule is Cc1ccc(CCn2c(O)coc2=O)s1. The van der Waals surface area contributed by atoms with Gasteiger partial charge in [-0.25, -0.2) is 9.36 Å². The first-order valence-corrected chi connectivity index (χ1v) is 5.41. The maximum Gasteiger partial charge on any atom is 0.421 e. The summed E-state index contributed by atoms with van der Waals surface area (Å²) in [6.45, 7) is 2.48. The van der Waals surface area contributed by atoms with Crippen molar-refractivity contribution in [2.24, 2.45) is 0 Å². The van der Waals surface area contributed by atoms with Crippen LogP contribution in [0.1, 0.15) is 9.75 Å². The van der Waals surface area contributed by atoms with E-state index in [-0.39, 0.29) is 5.88 Å². The van der Waals surface area contributed by atoms with Crippen molar-refractivity contribution in [3.8, 4) is 5.88 Å². The number of hydrogen-bond donors (Lipinski definition) is 1. The molecule has 0 unspecified atom stereocenters. The molecule has 0 saturated carbocycles. The Balaban J connectivity index is 2.08. The average molecular weight is 225 g/mol. The molecule has 0 aliphatic carbocycles. The third kappa shape index (κ3) is 2.12. The molecule has 80 valence electrons. The number of aromatic nitrogens is 1. The van der Waals surface area contributed by atoms with Gasteiger partial charge in [0.2, 0.25) is 5.88 Å². The third-order valence-corrected chi connectivity index (χ3v) is 3.20. The Morgan fingerprint density at radius 1 is 1.53 bits per heavy atom. The second-order valence-electron chi connectivity index (χ2n) is 3.27. The van der Waals surface area contributed by atoms with Crippen LogP contribution in [0.2, 0.25) is 0 Å². The maximum absolute atomic E-state index is 11.1. The summed E-state index contributed by atoms with van der Waals surface area (Å²) in [6, 6.07) is 4.07. The number of aromatic hydroxyl groups is 1. The number of oxazole rings is 1. The largest absolute Gasteiger partial charge is 0.492 e. The molecule has 15 heavy (non-hydrogen) atoms. The summed E-state index contributed by atoms with van der Waals surface area (Å²) in [6.07, 6.45) is 1.79. The molecule has 2 aromatic heterocycles. The molecule has 0 bridgehead atoms. The number of nitrogens with zero attached hydrogens (tertiary/aromatic N) is 1. The van der Waals surface area contributed by atoms with Gasteiger partial charge >= 0.3 is 5.76 Å². The van der Waals surface area contributed by atoms with E-state index in [4.69, 9.17) is 0 Å². The van der Waals surface area contributed by atoms with E-state index in [2.05, 4.69) is 4.42 Å². The summed E-state index contributed by atoms with van der Waals surface area (Å²) in [5.74, 6) is -0.631. The molecule has 2 heterocycles. The quantitative estimate of drug-likeness (QED) is 0.866. The standard InChI is InChI=1S/C10H11NO3S/c1-7-2-3-8(15-7)4-5-11-9(12)6-14-10(11)13/h2-3,6,12H,4-5H2,1H3. The van der Waals surface area contributed by atoms with Crippen LogP contribution < -0.4 is 5.76 Å². The Bertz CT molecular complexity index is 509. The van der Waals surface area contributed by atoms with E-state index in [1.165, 1.54) is 14.3 Å². The van der Waals surface area contributed by atoms with Gasteiger partial charge in [0.1, 0.15) is 0 Å². The molecule has 0 aliphatic rings. The van der Waals surface area contributed by atoms with Crippen molar-refractivity contribution in [1.29, 1.82) is 0 Å². The lowest BCUT2D eigenvalue weighted by molar-refractivity contribution is 0.413. The van der Waals surface area contributed by atoms with Gasteiger partial charge in [-0.05, 0) is 19.1 Å². The van der Waals surface area contributed by atoms with E-state index < -0.39 is 5.76 Å². The second-order valence-corrected chi connectivity index (χ2v) is 4.65. The van der Waals surface area contributed by atoms with Crippen LogP contribution in [-0.4, -0.2) is 9.67 Å². The number of rotatable bonds is 3. The summed E-state index contributed by atoms with van der Waals surface area (Å²) in [5.41, 5.74) is 0. The molecule has 1 N–H and O–H groups in total. The Morgan fingerprint density at radius 3 is 2.87 bits per heavy atom. The van der Waals surface area contributed by atoms with Crippen molar-refractivity contribution < 1.29 is 9.52 Å². The molecule has 0 radical (unpaired) electrons. The molecule has 0 saturated heterocycles. The van der Waals surface area contributed by atoms with Crippen LogP contribution in [-0.2, 0) is 13.0 Å². The minimum absolute atomic E-state index is 0.117. The van der Waals surface area contributed by atoms with Crippen LogP contribution in [0, 0.1) is 6.92 Å². The van der Waals surface area contributed by atoms with Gasteiger partial charge in [0.05, 0.1) is 0 Å². The summed E-state index contributed by atoms with van der Waals surface area (Å²) in [7, 11) is 0. The fourth-order valence-electron chi connectivity index (χ4n) is 1.37. The second kappa shape index (κ2) is 3.94. The van der Waals surface area contributed by atoms with E-state index in [0.717, 1.165) is 12.7 Å². The number of thiophene rings is 1. The molecule has 0 amide bonds. The van der Waals surface area contributed by atoms with E-state index in [1.807, 2.05) is 19.1 Å². The van der Waals surface area contributed by atoms with Gasteiger partial charge in [-0.1, -0.05) is 0 Å². The molecule has 0 aromatic carbocycles. The van der Waals surface area contributed by atoms with Crippen molar-refractivity contribution in [1.82, 2.24) is 4.57 Å². The molecule has 0 aliphatic heterocycles. The van der Waals surface area contributed by atoms with Gasteiger partial charge < -0.3 is 9.52 Å². The van der Waals surface area contributed by atoms with Crippen LogP contribution in [0.15, 0.2) is 27.6 Å². The van der Waals surface area contributed by atoms with E-state index in [0.29, 0.717) is 6.54 Å². The zero-order valence-electron chi connectivity index (χ0n) is 8.27. The van der Waals surface area contributed by atoms with Crippen molar-refractivity contribution in [2.45, 2.75) is 19.9 Å². The molecular weight excluding hydrogens is 214 g/mol. The van der Waals surface area contributed by atoms with Gasteiger partial charge in [-0.3, -0.25) is 0 Å². The molecule has 0 fully saturated rings. The lowest BCUT2D eigenvalue weighted by atomic mass is 10.3. The maximum atomic E-state index is 11.1. The topological polar surface area (TPSA) is 55.4 Å². The highest BCUT2D eigenvalue weighted by Crippen LogP contribution is 2.16. The van der Waals surface area contributed by atoms with Crippen molar-refractivity contribution in [3.05, 3.63) is 38.7 Å². The highest BCUT2D eigenvalue weighted by Gasteiger charge is 2.06. The molecule has 5 heteroatoms. The highest BCUT2D eigenvalue weighted by atomic mass is 32.1. The molecule has 0 spiro atoms. The first-order chi connectivity index (χ1) is 7.16. The molecule has 2 rings (SSSR count). The normalized spacial score (nSPS) is 10.7. The fourth-order valence-corrected chi connectivity index (χ4v) is 2.25. The molecule has 4 nitrogen and oxygen atoms in total. The highest BCUT2D eigenvalue weighted by molar-refractivity contribution is 7.11. The fraction of sp³-hybridized carbons (Fsp3) is 0.300. The van der Waals surface area contributed by atoms with Gasteiger partial charge in [0.25, 0.3) is 0 Å². The van der Waals surface area contributed by atoms with Crippen LogP contribution >= 0.6 is 11.3 Å². The Morgan fingerprint density at radius 2 is 2.33 bits per heavy atom. The monoisotopic (exact) mass is 225 g/mol. The molecule has 0 atom stereocenters. The Labute approximate surface area is 90.4 Å². The van der Waals surface area contributed by atoms with Gasteiger partial charge in [-0.2, -0.15) is 0 Å². The number of hydrogen-bond acceptors (Lipinski definition) is 4. The zero-order chi connectivity index (χ0) is 10.8. The number of aryl methyl sites for hydroxylation is 2. The summed E-state index contributed by atoms with van der Waals surface area (Å²) >= 11 is 1.69. The van der Waals surface area contributed by atoms with Crippen molar-refractivity contribution >= 4 is 11.3 Å². The van der Waals surface area contributed by atoms with E-state index in [9.17, 15) is 9.90 Å².